The van der Waals surface area contributed by atoms with E-state index in [1.54, 1.807) is 4.90 Å². The number of amides is 2. The summed E-state index contributed by atoms with van der Waals surface area (Å²) in [6.07, 6.45) is 2.07. The molecule has 2 amide bonds. The van der Waals surface area contributed by atoms with E-state index in [9.17, 15) is 9.59 Å². The standard InChI is InChI=1S/C21H28N2O4/c1-15(2)13-18(23-14-16-5-3-4-6-17(16)19(23)24)20(25)22-9-7-21(8-10-22)26-11-12-27-21/h3-6,15,18H,7-14H2,1-2H3. The van der Waals surface area contributed by atoms with Gasteiger partial charge in [0.1, 0.15) is 6.04 Å². The van der Waals surface area contributed by atoms with Gasteiger partial charge in [0.15, 0.2) is 5.79 Å². The van der Waals surface area contributed by atoms with Gasteiger partial charge in [-0.3, -0.25) is 9.59 Å². The molecule has 4 rings (SSSR count). The van der Waals surface area contributed by atoms with Gasteiger partial charge in [0.05, 0.1) is 13.2 Å². The molecule has 0 bridgehead atoms. The van der Waals surface area contributed by atoms with Crippen LogP contribution in [-0.2, 0) is 20.8 Å². The second-order valence-corrected chi connectivity index (χ2v) is 8.17. The van der Waals surface area contributed by atoms with Crippen LogP contribution in [-0.4, -0.2) is 59.7 Å². The van der Waals surface area contributed by atoms with E-state index < -0.39 is 11.8 Å². The van der Waals surface area contributed by atoms with E-state index in [1.807, 2.05) is 29.2 Å². The number of hydrogen-bond donors (Lipinski definition) is 0. The zero-order valence-corrected chi connectivity index (χ0v) is 16.1. The maximum atomic E-state index is 13.4. The van der Waals surface area contributed by atoms with Crippen LogP contribution in [0, 0.1) is 5.92 Å². The Morgan fingerprint density at radius 3 is 2.44 bits per heavy atom. The molecule has 0 radical (unpaired) electrons. The van der Waals surface area contributed by atoms with Gasteiger partial charge < -0.3 is 19.3 Å². The van der Waals surface area contributed by atoms with E-state index >= 15 is 0 Å². The van der Waals surface area contributed by atoms with E-state index in [0.29, 0.717) is 58.0 Å². The van der Waals surface area contributed by atoms with Crippen LogP contribution in [0.15, 0.2) is 24.3 Å². The Morgan fingerprint density at radius 2 is 1.81 bits per heavy atom. The van der Waals surface area contributed by atoms with Crippen molar-refractivity contribution in [1.82, 2.24) is 9.80 Å². The molecule has 6 nitrogen and oxygen atoms in total. The highest BCUT2D eigenvalue weighted by Gasteiger charge is 2.44. The largest absolute Gasteiger partial charge is 0.347 e. The first-order valence-electron chi connectivity index (χ1n) is 9.95. The SMILES string of the molecule is CC(C)CC(C(=O)N1CCC2(CC1)OCCO2)N1Cc2ccccc2C1=O. The molecule has 3 aliphatic heterocycles. The van der Waals surface area contributed by atoms with Crippen molar-refractivity contribution >= 4 is 11.8 Å². The average molecular weight is 372 g/mol. The maximum Gasteiger partial charge on any atom is 0.255 e. The molecule has 2 saturated heterocycles. The van der Waals surface area contributed by atoms with E-state index in [2.05, 4.69) is 13.8 Å². The summed E-state index contributed by atoms with van der Waals surface area (Å²) in [5.74, 6) is -0.143. The van der Waals surface area contributed by atoms with E-state index in [4.69, 9.17) is 9.47 Å². The molecule has 27 heavy (non-hydrogen) atoms. The molecule has 1 atom stereocenters. The average Bonchev–Trinajstić information content (AvgIpc) is 3.25. The topological polar surface area (TPSA) is 59.1 Å². The second-order valence-electron chi connectivity index (χ2n) is 8.17. The summed E-state index contributed by atoms with van der Waals surface area (Å²) in [5, 5.41) is 0. The monoisotopic (exact) mass is 372 g/mol. The molecule has 6 heteroatoms. The summed E-state index contributed by atoms with van der Waals surface area (Å²) in [6, 6.07) is 7.24. The minimum Gasteiger partial charge on any atom is -0.347 e. The smallest absolute Gasteiger partial charge is 0.255 e. The third-order valence-corrected chi connectivity index (χ3v) is 5.86. The molecular formula is C21H28N2O4. The number of likely N-dealkylation sites (tertiary alicyclic amines) is 1. The normalized spacial score (nSPS) is 22.6. The lowest BCUT2D eigenvalue weighted by Gasteiger charge is -2.40. The van der Waals surface area contributed by atoms with Crippen molar-refractivity contribution in [3.63, 3.8) is 0 Å². The van der Waals surface area contributed by atoms with Crippen LogP contribution in [0.25, 0.3) is 0 Å². The minimum atomic E-state index is -0.496. The van der Waals surface area contributed by atoms with Crippen LogP contribution in [0.5, 0.6) is 0 Å². The van der Waals surface area contributed by atoms with Gasteiger partial charge in [-0.25, -0.2) is 0 Å². The summed E-state index contributed by atoms with van der Waals surface area (Å²) < 4.78 is 11.5. The van der Waals surface area contributed by atoms with Crippen LogP contribution >= 0.6 is 0 Å². The summed E-state index contributed by atoms with van der Waals surface area (Å²) in [6.45, 7) is 7.20. The van der Waals surface area contributed by atoms with Crippen LogP contribution in [0.4, 0.5) is 0 Å². The molecule has 3 aliphatic rings. The lowest BCUT2D eigenvalue weighted by Crippen LogP contribution is -2.54. The van der Waals surface area contributed by atoms with Crippen molar-refractivity contribution in [2.45, 2.75) is 51.5 Å². The predicted octanol–water partition coefficient (Wildman–Crippen LogP) is 2.42. The summed E-state index contributed by atoms with van der Waals surface area (Å²) in [4.78, 5) is 29.9. The Bertz CT molecular complexity index is 717. The van der Waals surface area contributed by atoms with Gasteiger partial charge in [0.2, 0.25) is 5.91 Å². The number of fused-ring (bicyclic) bond motifs is 1. The molecule has 1 unspecified atom stereocenters. The van der Waals surface area contributed by atoms with Crippen LogP contribution in [0.3, 0.4) is 0 Å². The zero-order valence-electron chi connectivity index (χ0n) is 16.1. The van der Waals surface area contributed by atoms with Gasteiger partial charge in [-0.05, 0) is 24.0 Å². The summed E-state index contributed by atoms with van der Waals surface area (Å²) in [5.41, 5.74) is 1.74. The van der Waals surface area contributed by atoms with Crippen LogP contribution < -0.4 is 0 Å². The van der Waals surface area contributed by atoms with Gasteiger partial charge in [-0.15, -0.1) is 0 Å². The Morgan fingerprint density at radius 1 is 1.15 bits per heavy atom. The number of nitrogens with zero attached hydrogens (tertiary/aromatic N) is 2. The van der Waals surface area contributed by atoms with Gasteiger partial charge in [0, 0.05) is 38.0 Å². The third kappa shape index (κ3) is 3.48. The van der Waals surface area contributed by atoms with Gasteiger partial charge in [0.25, 0.3) is 5.91 Å². The highest BCUT2D eigenvalue weighted by molar-refractivity contribution is 6.01. The number of ether oxygens (including phenoxy) is 2. The van der Waals surface area contributed by atoms with Crippen molar-refractivity contribution in [1.29, 1.82) is 0 Å². The third-order valence-electron chi connectivity index (χ3n) is 5.86. The first kappa shape index (κ1) is 18.4. The van der Waals surface area contributed by atoms with E-state index in [-0.39, 0.29) is 11.8 Å². The highest BCUT2D eigenvalue weighted by atomic mass is 16.7. The molecule has 146 valence electrons. The molecule has 0 aromatic heterocycles. The minimum absolute atomic E-state index is 0.0273. The van der Waals surface area contributed by atoms with Gasteiger partial charge >= 0.3 is 0 Å². The molecule has 1 aromatic carbocycles. The maximum absolute atomic E-state index is 13.4. The zero-order chi connectivity index (χ0) is 19.0. The first-order chi connectivity index (χ1) is 13.0. The second kappa shape index (κ2) is 7.24. The van der Waals surface area contributed by atoms with Crippen molar-refractivity contribution in [2.75, 3.05) is 26.3 Å². The Kier molecular flexibility index (Phi) is 4.95. The fourth-order valence-electron chi connectivity index (χ4n) is 4.40. The van der Waals surface area contributed by atoms with Gasteiger partial charge in [-0.1, -0.05) is 32.0 Å². The predicted molar refractivity (Wildman–Crippen MR) is 100 cm³/mol. The van der Waals surface area contributed by atoms with Gasteiger partial charge in [-0.2, -0.15) is 0 Å². The number of rotatable bonds is 4. The molecule has 1 aromatic rings. The first-order valence-corrected chi connectivity index (χ1v) is 9.95. The molecule has 3 heterocycles. The van der Waals surface area contributed by atoms with E-state index in [1.165, 1.54) is 0 Å². The Labute approximate surface area is 160 Å². The number of hydrogen-bond acceptors (Lipinski definition) is 4. The highest BCUT2D eigenvalue weighted by Crippen LogP contribution is 2.33. The fraction of sp³-hybridized carbons (Fsp3) is 0.619. The van der Waals surface area contributed by atoms with E-state index in [0.717, 1.165) is 11.1 Å². The molecule has 0 N–H and O–H groups in total. The molecular weight excluding hydrogens is 344 g/mol. The summed E-state index contributed by atoms with van der Waals surface area (Å²) in [7, 11) is 0. The van der Waals surface area contributed by atoms with Crippen LogP contribution in [0.2, 0.25) is 0 Å². The lowest BCUT2D eigenvalue weighted by molar-refractivity contribution is -0.188. The van der Waals surface area contributed by atoms with Crippen LogP contribution in [0.1, 0.15) is 49.0 Å². The molecule has 0 aliphatic carbocycles. The Hall–Kier alpha value is -1.92. The number of carbonyl (C=O) groups excluding carboxylic acids is 2. The van der Waals surface area contributed by atoms with Crippen molar-refractivity contribution in [3.05, 3.63) is 35.4 Å². The number of carbonyl (C=O) groups is 2. The quantitative estimate of drug-likeness (QED) is 0.814. The number of benzene rings is 1. The Balaban J connectivity index is 1.49. The molecule has 2 fully saturated rings. The van der Waals surface area contributed by atoms with Crippen molar-refractivity contribution in [3.8, 4) is 0 Å². The summed E-state index contributed by atoms with van der Waals surface area (Å²) >= 11 is 0. The fourth-order valence-corrected chi connectivity index (χ4v) is 4.40. The number of piperidine rings is 1. The van der Waals surface area contributed by atoms with Crippen molar-refractivity contribution < 1.29 is 19.1 Å². The lowest BCUT2D eigenvalue weighted by atomic mass is 9.98. The molecule has 1 spiro atoms. The van der Waals surface area contributed by atoms with Crippen molar-refractivity contribution in [2.24, 2.45) is 5.92 Å². The molecule has 0 saturated carbocycles.